The van der Waals surface area contributed by atoms with Crippen LogP contribution in [-0.4, -0.2) is 11.1 Å². The van der Waals surface area contributed by atoms with Crippen molar-refractivity contribution in [3.63, 3.8) is 0 Å². The molecule has 106 valence electrons. The average Bonchev–Trinajstić information content (AvgIpc) is 2.35. The fourth-order valence-corrected chi connectivity index (χ4v) is 2.52. The summed E-state index contributed by atoms with van der Waals surface area (Å²) in [7, 11) is 0. The zero-order chi connectivity index (χ0) is 14.6. The zero-order valence-corrected chi connectivity index (χ0v) is 12.8. The first-order valence-corrected chi connectivity index (χ1v) is 7.14. The number of aryl methyl sites for hydroxylation is 1. The maximum Gasteiger partial charge on any atom is 0.306 e. The van der Waals surface area contributed by atoms with Crippen LogP contribution >= 0.6 is 0 Å². The molecule has 1 aromatic rings. The van der Waals surface area contributed by atoms with Gasteiger partial charge in [-0.15, -0.1) is 0 Å². The maximum absolute atomic E-state index is 10.8. The summed E-state index contributed by atoms with van der Waals surface area (Å²) in [6.07, 6.45) is 2.80. The highest BCUT2D eigenvalue weighted by molar-refractivity contribution is 5.69. The average molecular weight is 262 g/mol. The molecule has 0 heterocycles. The van der Waals surface area contributed by atoms with Crippen molar-refractivity contribution >= 4 is 5.97 Å². The molecule has 2 heteroatoms. The molecule has 0 fully saturated rings. The minimum atomic E-state index is -0.685. The fraction of sp³-hybridized carbons (Fsp3) is 0.588. The molecule has 0 amide bonds. The monoisotopic (exact) mass is 262 g/mol. The van der Waals surface area contributed by atoms with Crippen molar-refractivity contribution in [1.29, 1.82) is 0 Å². The van der Waals surface area contributed by atoms with Gasteiger partial charge in [-0.1, -0.05) is 32.4 Å². The first kappa shape index (κ1) is 15.7. The molecule has 0 aliphatic heterocycles. The van der Waals surface area contributed by atoms with E-state index in [0.29, 0.717) is 5.92 Å². The molecule has 19 heavy (non-hydrogen) atoms. The maximum atomic E-state index is 10.8. The van der Waals surface area contributed by atoms with Crippen LogP contribution in [0.3, 0.4) is 0 Å². The van der Waals surface area contributed by atoms with Crippen molar-refractivity contribution < 1.29 is 9.90 Å². The summed E-state index contributed by atoms with van der Waals surface area (Å²) in [4.78, 5) is 10.8. The lowest BCUT2D eigenvalue weighted by atomic mass is 9.87. The number of carboxylic acids is 1. The fourth-order valence-electron chi connectivity index (χ4n) is 2.52. The van der Waals surface area contributed by atoms with Crippen LogP contribution in [0.4, 0.5) is 0 Å². The number of hydrogen-bond acceptors (Lipinski definition) is 1. The van der Waals surface area contributed by atoms with Gasteiger partial charge in [0.25, 0.3) is 0 Å². The SMILES string of the molecule is Cc1ccc(C(C)CCCC(C)C(=O)O)c(C)c1C. The molecule has 2 atom stereocenters. The van der Waals surface area contributed by atoms with E-state index in [4.69, 9.17) is 5.11 Å². The molecule has 0 bridgehead atoms. The van der Waals surface area contributed by atoms with E-state index in [1.807, 2.05) is 0 Å². The Hall–Kier alpha value is -1.31. The van der Waals surface area contributed by atoms with Gasteiger partial charge in [-0.05, 0) is 61.8 Å². The molecule has 2 nitrogen and oxygen atoms in total. The van der Waals surface area contributed by atoms with Crippen LogP contribution in [0.25, 0.3) is 0 Å². The molecular formula is C17H26O2. The van der Waals surface area contributed by atoms with Gasteiger partial charge in [-0.2, -0.15) is 0 Å². The van der Waals surface area contributed by atoms with Gasteiger partial charge < -0.3 is 5.11 Å². The van der Waals surface area contributed by atoms with Crippen LogP contribution in [0.5, 0.6) is 0 Å². The van der Waals surface area contributed by atoms with Crippen LogP contribution < -0.4 is 0 Å². The number of carboxylic acid groups (broad SMARTS) is 1. The number of benzene rings is 1. The van der Waals surface area contributed by atoms with E-state index in [1.165, 1.54) is 22.3 Å². The van der Waals surface area contributed by atoms with Gasteiger partial charge in [-0.3, -0.25) is 4.79 Å². The standard InChI is InChI=1S/C17H26O2/c1-11-9-10-16(15(5)14(11)4)12(2)7-6-8-13(3)17(18)19/h9-10,12-13H,6-8H2,1-5H3,(H,18,19). The van der Waals surface area contributed by atoms with E-state index in [-0.39, 0.29) is 5.92 Å². The second-order valence-corrected chi connectivity index (χ2v) is 5.79. The lowest BCUT2D eigenvalue weighted by molar-refractivity contribution is -0.141. The van der Waals surface area contributed by atoms with E-state index < -0.39 is 5.97 Å². The predicted octanol–water partition coefficient (Wildman–Crippen LogP) is 4.61. The van der Waals surface area contributed by atoms with Gasteiger partial charge in [0.05, 0.1) is 5.92 Å². The summed E-state index contributed by atoms with van der Waals surface area (Å²) in [6.45, 7) is 10.5. The van der Waals surface area contributed by atoms with Gasteiger partial charge in [0.2, 0.25) is 0 Å². The molecule has 0 spiro atoms. The summed E-state index contributed by atoms with van der Waals surface area (Å²) in [6, 6.07) is 4.41. The largest absolute Gasteiger partial charge is 0.481 e. The van der Waals surface area contributed by atoms with E-state index in [2.05, 4.69) is 39.8 Å². The van der Waals surface area contributed by atoms with Gasteiger partial charge >= 0.3 is 5.97 Å². The minimum absolute atomic E-state index is 0.229. The van der Waals surface area contributed by atoms with Crippen molar-refractivity contribution in [3.05, 3.63) is 34.4 Å². The van der Waals surface area contributed by atoms with Crippen LogP contribution in [0.15, 0.2) is 12.1 Å². The molecule has 0 aliphatic rings. The third-order valence-electron chi connectivity index (χ3n) is 4.33. The Bertz CT molecular complexity index is 449. The van der Waals surface area contributed by atoms with E-state index >= 15 is 0 Å². The summed E-state index contributed by atoms with van der Waals surface area (Å²) < 4.78 is 0. The Kier molecular flexibility index (Phi) is 5.59. The summed E-state index contributed by atoms with van der Waals surface area (Å²) >= 11 is 0. The molecule has 2 unspecified atom stereocenters. The molecular weight excluding hydrogens is 236 g/mol. The Morgan fingerprint density at radius 2 is 1.74 bits per heavy atom. The summed E-state index contributed by atoms with van der Waals surface area (Å²) in [5.74, 6) is -0.414. The van der Waals surface area contributed by atoms with Crippen molar-refractivity contribution in [2.24, 2.45) is 5.92 Å². The topological polar surface area (TPSA) is 37.3 Å². The molecule has 0 aromatic heterocycles. The molecule has 0 aliphatic carbocycles. The normalized spacial score (nSPS) is 14.2. The van der Waals surface area contributed by atoms with Gasteiger partial charge in [0.15, 0.2) is 0 Å². The van der Waals surface area contributed by atoms with Crippen LogP contribution in [0, 0.1) is 26.7 Å². The Morgan fingerprint density at radius 1 is 1.11 bits per heavy atom. The Balaban J connectivity index is 2.62. The highest BCUT2D eigenvalue weighted by Gasteiger charge is 2.14. The Morgan fingerprint density at radius 3 is 2.32 bits per heavy atom. The molecule has 0 saturated heterocycles. The van der Waals surface area contributed by atoms with Crippen molar-refractivity contribution in [2.75, 3.05) is 0 Å². The van der Waals surface area contributed by atoms with Crippen LogP contribution in [0.1, 0.15) is 61.3 Å². The molecule has 1 rings (SSSR count). The third-order valence-corrected chi connectivity index (χ3v) is 4.33. The quantitative estimate of drug-likeness (QED) is 0.813. The van der Waals surface area contributed by atoms with Crippen LogP contribution in [0.2, 0.25) is 0 Å². The smallest absolute Gasteiger partial charge is 0.306 e. The highest BCUT2D eigenvalue weighted by Crippen LogP contribution is 2.28. The predicted molar refractivity (Wildman–Crippen MR) is 79.7 cm³/mol. The second kappa shape index (κ2) is 6.74. The first-order chi connectivity index (χ1) is 8.84. The van der Waals surface area contributed by atoms with Gasteiger partial charge in [0.1, 0.15) is 0 Å². The lowest BCUT2D eigenvalue weighted by Crippen LogP contribution is -2.09. The highest BCUT2D eigenvalue weighted by atomic mass is 16.4. The summed E-state index contributed by atoms with van der Waals surface area (Å²) in [5, 5.41) is 8.88. The molecule has 1 aromatic carbocycles. The van der Waals surface area contributed by atoms with Crippen molar-refractivity contribution in [1.82, 2.24) is 0 Å². The van der Waals surface area contributed by atoms with E-state index in [0.717, 1.165) is 19.3 Å². The van der Waals surface area contributed by atoms with Gasteiger partial charge in [0, 0.05) is 0 Å². The van der Waals surface area contributed by atoms with Crippen LogP contribution in [-0.2, 0) is 4.79 Å². The first-order valence-electron chi connectivity index (χ1n) is 7.14. The number of aliphatic carboxylic acids is 1. The van der Waals surface area contributed by atoms with Crippen molar-refractivity contribution in [2.45, 2.75) is 59.8 Å². The summed E-state index contributed by atoms with van der Waals surface area (Å²) in [5.41, 5.74) is 5.51. The molecule has 0 saturated carbocycles. The lowest BCUT2D eigenvalue weighted by Gasteiger charge is -2.18. The molecule has 1 N–H and O–H groups in total. The third kappa shape index (κ3) is 4.09. The molecule has 0 radical (unpaired) electrons. The number of carbonyl (C=O) groups is 1. The van der Waals surface area contributed by atoms with Gasteiger partial charge in [-0.25, -0.2) is 0 Å². The minimum Gasteiger partial charge on any atom is -0.481 e. The second-order valence-electron chi connectivity index (χ2n) is 5.79. The van der Waals surface area contributed by atoms with E-state index in [1.54, 1.807) is 6.92 Å². The van der Waals surface area contributed by atoms with E-state index in [9.17, 15) is 4.79 Å². The number of hydrogen-bond donors (Lipinski definition) is 1. The Labute approximate surface area is 116 Å². The zero-order valence-electron chi connectivity index (χ0n) is 12.8. The van der Waals surface area contributed by atoms with Crippen molar-refractivity contribution in [3.8, 4) is 0 Å². The number of rotatable bonds is 6.